The van der Waals surface area contributed by atoms with E-state index in [0.717, 1.165) is 12.8 Å². The maximum atomic E-state index is 12.1. The summed E-state index contributed by atoms with van der Waals surface area (Å²) in [7, 11) is -1.38. The van der Waals surface area contributed by atoms with Crippen LogP contribution >= 0.6 is 0 Å². The summed E-state index contributed by atoms with van der Waals surface area (Å²) >= 11 is 0. The number of sulfone groups is 1. The van der Waals surface area contributed by atoms with Crippen LogP contribution in [-0.4, -0.2) is 39.4 Å². The van der Waals surface area contributed by atoms with Gasteiger partial charge in [-0.1, -0.05) is 13.3 Å². The lowest BCUT2D eigenvalue weighted by molar-refractivity contribution is -0.124. The molecule has 3 atom stereocenters. The summed E-state index contributed by atoms with van der Waals surface area (Å²) in [4.78, 5) is 12.1. The Bertz CT molecular complexity index is 374. The van der Waals surface area contributed by atoms with Crippen LogP contribution in [0, 0.1) is 11.8 Å². The molecule has 0 N–H and O–H groups in total. The van der Waals surface area contributed by atoms with Gasteiger partial charge in [0.15, 0.2) is 0 Å². The van der Waals surface area contributed by atoms with Crippen LogP contribution in [0.1, 0.15) is 39.0 Å². The van der Waals surface area contributed by atoms with Gasteiger partial charge in [0.25, 0.3) is 0 Å². The van der Waals surface area contributed by atoms with E-state index in [1.54, 1.807) is 7.11 Å². The number of ether oxygens (including phenoxy) is 1. The lowest BCUT2D eigenvalue weighted by Gasteiger charge is -2.27. The molecular formula is C13H24O4S. The number of carbonyl (C=O) groups is 1. The first-order chi connectivity index (χ1) is 8.34. The van der Waals surface area contributed by atoms with Crippen molar-refractivity contribution in [3.05, 3.63) is 0 Å². The van der Waals surface area contributed by atoms with Gasteiger partial charge in [-0.3, -0.25) is 4.79 Å². The van der Waals surface area contributed by atoms with E-state index in [1.165, 1.54) is 6.26 Å². The Morgan fingerprint density at radius 1 is 1.39 bits per heavy atom. The molecule has 0 saturated heterocycles. The van der Waals surface area contributed by atoms with Crippen molar-refractivity contribution < 1.29 is 17.9 Å². The third-order valence-corrected chi connectivity index (χ3v) is 5.33. The quantitative estimate of drug-likeness (QED) is 0.742. The third-order valence-electron chi connectivity index (χ3n) is 3.69. The summed E-state index contributed by atoms with van der Waals surface area (Å²) in [5.74, 6) is 0.340. The van der Waals surface area contributed by atoms with Crippen molar-refractivity contribution in [3.63, 3.8) is 0 Å². The number of carbonyl (C=O) groups excluding carboxylic acids is 1. The summed E-state index contributed by atoms with van der Waals surface area (Å²) in [6, 6.07) is 0. The molecule has 4 nitrogen and oxygen atoms in total. The summed E-state index contributed by atoms with van der Waals surface area (Å²) in [5.41, 5.74) is 0. The fourth-order valence-corrected chi connectivity index (χ4v) is 3.86. The number of hydrogen-bond donors (Lipinski definition) is 0. The zero-order valence-electron chi connectivity index (χ0n) is 11.5. The molecule has 5 heteroatoms. The molecule has 106 valence electrons. The van der Waals surface area contributed by atoms with E-state index in [-0.39, 0.29) is 22.9 Å². The van der Waals surface area contributed by atoms with Crippen molar-refractivity contribution in [3.8, 4) is 0 Å². The van der Waals surface area contributed by atoms with E-state index in [9.17, 15) is 13.2 Å². The first kappa shape index (κ1) is 15.6. The van der Waals surface area contributed by atoms with Crippen molar-refractivity contribution in [1.82, 2.24) is 0 Å². The van der Waals surface area contributed by atoms with Crippen molar-refractivity contribution >= 4 is 15.6 Å². The van der Waals surface area contributed by atoms with Gasteiger partial charge in [0.05, 0.1) is 5.25 Å². The Hall–Kier alpha value is -0.420. The highest BCUT2D eigenvalue weighted by molar-refractivity contribution is 7.91. The van der Waals surface area contributed by atoms with Crippen molar-refractivity contribution in [2.45, 2.75) is 44.3 Å². The third kappa shape index (κ3) is 4.69. The molecule has 0 heterocycles. The maximum Gasteiger partial charge on any atom is 0.150 e. The van der Waals surface area contributed by atoms with E-state index in [1.807, 2.05) is 6.92 Å². The Kier molecular flexibility index (Phi) is 5.79. The highest BCUT2D eigenvalue weighted by Crippen LogP contribution is 2.30. The predicted molar refractivity (Wildman–Crippen MR) is 71.3 cm³/mol. The largest absolute Gasteiger partial charge is 0.384 e. The monoisotopic (exact) mass is 276 g/mol. The van der Waals surface area contributed by atoms with Crippen molar-refractivity contribution in [2.75, 3.05) is 20.0 Å². The van der Waals surface area contributed by atoms with Gasteiger partial charge < -0.3 is 4.74 Å². The summed E-state index contributed by atoms with van der Waals surface area (Å²) in [5, 5.41) is -0.321. The van der Waals surface area contributed by atoms with Gasteiger partial charge in [-0.25, -0.2) is 8.42 Å². The number of ketones is 1. The summed E-state index contributed by atoms with van der Waals surface area (Å²) < 4.78 is 28.1. The van der Waals surface area contributed by atoms with Gasteiger partial charge in [0, 0.05) is 32.3 Å². The lowest BCUT2D eigenvalue weighted by Crippen LogP contribution is -2.31. The molecule has 0 radical (unpaired) electrons. The Labute approximate surface area is 110 Å². The van der Waals surface area contributed by atoms with Gasteiger partial charge in [0.2, 0.25) is 0 Å². The van der Waals surface area contributed by atoms with Gasteiger partial charge >= 0.3 is 0 Å². The van der Waals surface area contributed by atoms with Crippen LogP contribution < -0.4 is 0 Å². The Morgan fingerprint density at radius 2 is 2.06 bits per heavy atom. The molecule has 1 fully saturated rings. The molecule has 0 aromatic heterocycles. The molecule has 18 heavy (non-hydrogen) atoms. The molecule has 0 spiro atoms. The molecule has 1 saturated carbocycles. The van der Waals surface area contributed by atoms with Crippen molar-refractivity contribution in [2.24, 2.45) is 11.8 Å². The Balaban J connectivity index is 2.53. The fraction of sp³-hybridized carbons (Fsp3) is 0.923. The highest BCUT2D eigenvalue weighted by Gasteiger charge is 2.32. The van der Waals surface area contributed by atoms with Crippen LogP contribution in [0.25, 0.3) is 0 Å². The number of rotatable bonds is 6. The molecule has 0 amide bonds. The normalized spacial score (nSPS) is 26.8. The minimum Gasteiger partial charge on any atom is -0.384 e. The van der Waals surface area contributed by atoms with E-state index in [4.69, 9.17) is 4.74 Å². The highest BCUT2D eigenvalue weighted by atomic mass is 32.2. The van der Waals surface area contributed by atoms with Gasteiger partial charge in [-0.2, -0.15) is 0 Å². The maximum absolute atomic E-state index is 12.1. The van der Waals surface area contributed by atoms with Crippen LogP contribution in [0.3, 0.4) is 0 Å². The minimum atomic E-state index is -3.01. The number of methoxy groups -OCH3 is 1. The molecule has 0 aromatic carbocycles. The zero-order chi connectivity index (χ0) is 13.8. The molecule has 1 aliphatic carbocycles. The smallest absolute Gasteiger partial charge is 0.150 e. The minimum absolute atomic E-state index is 0.0715. The Morgan fingerprint density at radius 3 is 2.61 bits per heavy atom. The first-order valence-electron chi connectivity index (χ1n) is 6.55. The average molecular weight is 276 g/mol. The van der Waals surface area contributed by atoms with E-state index >= 15 is 0 Å². The number of hydrogen-bond acceptors (Lipinski definition) is 4. The standard InChI is InChI=1S/C13H24O4S/c1-10(9-17-2)7-13(14)11-5-4-6-12(8-11)18(3,15)16/h10-12H,4-9H2,1-3H3. The van der Waals surface area contributed by atoms with Gasteiger partial charge in [0.1, 0.15) is 15.6 Å². The first-order valence-corrected chi connectivity index (χ1v) is 8.50. The molecule has 0 aromatic rings. The number of Topliss-reactive ketones (excluding diaryl/α,β-unsaturated/α-hetero) is 1. The van der Waals surface area contributed by atoms with E-state index in [0.29, 0.717) is 25.9 Å². The topological polar surface area (TPSA) is 60.4 Å². The molecule has 1 aliphatic rings. The zero-order valence-corrected chi connectivity index (χ0v) is 12.3. The van der Waals surface area contributed by atoms with Crippen LogP contribution in [0.5, 0.6) is 0 Å². The molecule has 0 bridgehead atoms. The second-order valence-electron chi connectivity index (χ2n) is 5.55. The summed E-state index contributed by atoms with van der Waals surface area (Å²) in [6.45, 7) is 2.56. The summed E-state index contributed by atoms with van der Waals surface area (Å²) in [6.07, 6.45) is 4.66. The molecule has 1 rings (SSSR count). The second kappa shape index (κ2) is 6.66. The molecule has 3 unspecified atom stereocenters. The van der Waals surface area contributed by atoms with E-state index < -0.39 is 9.84 Å². The van der Waals surface area contributed by atoms with Gasteiger partial charge in [-0.05, 0) is 25.2 Å². The molecular weight excluding hydrogens is 252 g/mol. The average Bonchev–Trinajstić information content (AvgIpc) is 2.28. The van der Waals surface area contributed by atoms with Crippen LogP contribution in [0.15, 0.2) is 0 Å². The van der Waals surface area contributed by atoms with Gasteiger partial charge in [-0.15, -0.1) is 0 Å². The predicted octanol–water partition coefficient (Wildman–Crippen LogP) is 1.83. The lowest BCUT2D eigenvalue weighted by atomic mass is 9.83. The van der Waals surface area contributed by atoms with E-state index in [2.05, 4.69) is 0 Å². The fourth-order valence-electron chi connectivity index (χ4n) is 2.68. The SMILES string of the molecule is COCC(C)CC(=O)C1CCCC(S(C)(=O)=O)C1. The molecule has 0 aliphatic heterocycles. The van der Waals surface area contributed by atoms with Crippen molar-refractivity contribution in [1.29, 1.82) is 0 Å². The van der Waals surface area contributed by atoms with Crippen LogP contribution in [0.2, 0.25) is 0 Å². The second-order valence-corrected chi connectivity index (χ2v) is 7.87. The van der Waals surface area contributed by atoms with Crippen LogP contribution in [0.4, 0.5) is 0 Å². The van der Waals surface area contributed by atoms with Crippen LogP contribution in [-0.2, 0) is 19.4 Å².